The monoisotopic (exact) mass is 516 g/mol. The molecule has 0 saturated carbocycles. The Labute approximate surface area is 197 Å². The van der Waals surface area contributed by atoms with Crippen molar-refractivity contribution in [1.29, 1.82) is 0 Å². The Bertz CT molecular complexity index is 1330. The summed E-state index contributed by atoms with van der Waals surface area (Å²) >= 11 is 5.92. The number of methoxy groups -OCH3 is 1. The maximum Gasteiger partial charge on any atom is 0.419 e. The third kappa shape index (κ3) is 5.31. The van der Waals surface area contributed by atoms with Gasteiger partial charge in [0.15, 0.2) is 0 Å². The van der Waals surface area contributed by atoms with Crippen molar-refractivity contribution in [2.24, 2.45) is 0 Å². The van der Waals surface area contributed by atoms with Crippen molar-refractivity contribution in [2.75, 3.05) is 11.4 Å². The molecule has 0 radical (unpaired) electrons. The molecule has 1 aromatic heterocycles. The Kier molecular flexibility index (Phi) is 7.18. The molecule has 180 valence electrons. The summed E-state index contributed by atoms with van der Waals surface area (Å²) in [5, 5.41) is 0.224. The molecule has 0 amide bonds. The van der Waals surface area contributed by atoms with E-state index in [1.807, 2.05) is 0 Å². The van der Waals surface area contributed by atoms with Gasteiger partial charge in [-0.15, -0.1) is 0 Å². The fourth-order valence-corrected chi connectivity index (χ4v) is 4.81. The Balaban J connectivity index is 2.12. The molecule has 0 N–H and O–H groups in total. The Morgan fingerprint density at radius 1 is 1.12 bits per heavy atom. The molecule has 34 heavy (non-hydrogen) atoms. The number of hydrogen-bond donors (Lipinski definition) is 0. The maximum atomic E-state index is 13.7. The lowest BCUT2D eigenvalue weighted by molar-refractivity contribution is -0.140. The van der Waals surface area contributed by atoms with Crippen LogP contribution in [0.4, 0.5) is 23.4 Å². The van der Waals surface area contributed by atoms with Crippen molar-refractivity contribution in [2.45, 2.75) is 24.5 Å². The fourth-order valence-electron chi connectivity index (χ4n) is 3.13. The molecule has 0 saturated heterocycles. The number of alkyl halides is 3. The van der Waals surface area contributed by atoms with Gasteiger partial charge in [0, 0.05) is 6.20 Å². The number of halogens is 5. The number of hydrogen-bond acceptors (Lipinski definition) is 5. The number of benzene rings is 2. The predicted molar refractivity (Wildman–Crippen MR) is 117 cm³/mol. The first-order valence-electron chi connectivity index (χ1n) is 9.53. The van der Waals surface area contributed by atoms with Crippen LogP contribution >= 0.6 is 11.6 Å². The Hall–Kier alpha value is -3.18. The predicted octanol–water partition coefficient (Wildman–Crippen LogP) is 5.38. The van der Waals surface area contributed by atoms with Crippen LogP contribution in [0.2, 0.25) is 5.02 Å². The van der Waals surface area contributed by atoms with Gasteiger partial charge in [-0.05, 0) is 60.5 Å². The molecule has 3 rings (SSSR count). The third-order valence-corrected chi connectivity index (χ3v) is 6.74. The Morgan fingerprint density at radius 2 is 1.76 bits per heavy atom. The van der Waals surface area contributed by atoms with Gasteiger partial charge in [-0.3, -0.25) is 0 Å². The van der Waals surface area contributed by atoms with Crippen molar-refractivity contribution in [3.8, 4) is 0 Å². The van der Waals surface area contributed by atoms with Crippen LogP contribution in [-0.4, -0.2) is 26.5 Å². The number of rotatable bonds is 6. The molecule has 1 heterocycles. The minimum atomic E-state index is -4.97. The number of ether oxygens (including phenoxy) is 1. The van der Waals surface area contributed by atoms with E-state index in [0.717, 1.165) is 22.5 Å². The van der Waals surface area contributed by atoms with Gasteiger partial charge in [-0.25, -0.2) is 26.9 Å². The number of pyridine rings is 1. The SMILES string of the molecule is COC(=O)c1ccc(S(=O)(=O)N(Cc2ccc(F)c(C(F)(F)F)c2)c2ncc(Cl)cc2C)cc1. The van der Waals surface area contributed by atoms with Gasteiger partial charge in [-0.2, -0.15) is 13.2 Å². The van der Waals surface area contributed by atoms with E-state index in [1.165, 1.54) is 38.4 Å². The molecule has 0 unspecified atom stereocenters. The molecular weight excluding hydrogens is 500 g/mol. The van der Waals surface area contributed by atoms with Crippen LogP contribution in [0, 0.1) is 12.7 Å². The van der Waals surface area contributed by atoms with Crippen molar-refractivity contribution in [3.63, 3.8) is 0 Å². The second-order valence-electron chi connectivity index (χ2n) is 7.13. The largest absolute Gasteiger partial charge is 0.465 e. The van der Waals surface area contributed by atoms with Crippen LogP contribution in [0.3, 0.4) is 0 Å². The highest BCUT2D eigenvalue weighted by Crippen LogP contribution is 2.34. The zero-order valence-electron chi connectivity index (χ0n) is 17.7. The number of carbonyl (C=O) groups is 1. The molecule has 0 aliphatic carbocycles. The highest BCUT2D eigenvalue weighted by Gasteiger charge is 2.35. The molecule has 0 aliphatic rings. The lowest BCUT2D eigenvalue weighted by Crippen LogP contribution is -2.32. The summed E-state index contributed by atoms with van der Waals surface area (Å²) in [4.78, 5) is 15.5. The lowest BCUT2D eigenvalue weighted by atomic mass is 10.1. The van der Waals surface area contributed by atoms with Gasteiger partial charge in [0.1, 0.15) is 11.6 Å². The van der Waals surface area contributed by atoms with Gasteiger partial charge < -0.3 is 4.74 Å². The average Bonchev–Trinajstić information content (AvgIpc) is 2.77. The van der Waals surface area contributed by atoms with E-state index in [9.17, 15) is 30.8 Å². The van der Waals surface area contributed by atoms with Gasteiger partial charge >= 0.3 is 12.1 Å². The summed E-state index contributed by atoms with van der Waals surface area (Å²) in [6.45, 7) is 0.947. The van der Waals surface area contributed by atoms with E-state index < -0.39 is 40.1 Å². The molecule has 0 aliphatic heterocycles. The van der Waals surface area contributed by atoms with Crippen molar-refractivity contribution in [3.05, 3.63) is 87.8 Å². The summed E-state index contributed by atoms with van der Waals surface area (Å²) in [5.74, 6) is -2.24. The topological polar surface area (TPSA) is 76.6 Å². The van der Waals surface area contributed by atoms with E-state index in [1.54, 1.807) is 0 Å². The van der Waals surface area contributed by atoms with Crippen molar-refractivity contribution >= 4 is 33.4 Å². The highest BCUT2D eigenvalue weighted by molar-refractivity contribution is 7.92. The van der Waals surface area contributed by atoms with E-state index >= 15 is 0 Å². The minimum absolute atomic E-state index is 0.0840. The van der Waals surface area contributed by atoms with Crippen molar-refractivity contribution in [1.82, 2.24) is 4.98 Å². The molecule has 0 spiro atoms. The number of anilines is 1. The molecule has 2 aromatic carbocycles. The first-order valence-corrected chi connectivity index (χ1v) is 11.4. The summed E-state index contributed by atoms with van der Waals surface area (Å²) < 4.78 is 85.7. The number of aryl methyl sites for hydroxylation is 1. The second-order valence-corrected chi connectivity index (χ2v) is 9.43. The standard InChI is InChI=1S/C22H17ClF4N2O4S/c1-13-9-16(23)11-28-20(13)29(12-14-3-8-19(24)18(10-14)22(25,26)27)34(31,32)17-6-4-15(5-7-17)21(30)33-2/h3-11H,12H2,1-2H3. The number of carbonyl (C=O) groups excluding carboxylic acids is 1. The van der Waals surface area contributed by atoms with Gasteiger partial charge in [0.05, 0.1) is 34.7 Å². The van der Waals surface area contributed by atoms with E-state index in [-0.39, 0.29) is 26.9 Å². The lowest BCUT2D eigenvalue weighted by Gasteiger charge is -2.25. The molecular formula is C22H17ClF4N2O4S. The molecule has 3 aromatic rings. The number of sulfonamides is 1. The van der Waals surface area contributed by atoms with E-state index in [2.05, 4.69) is 9.72 Å². The van der Waals surface area contributed by atoms with Crippen molar-refractivity contribution < 1.29 is 35.5 Å². The summed E-state index contributed by atoms with van der Waals surface area (Å²) in [7, 11) is -3.23. The van der Waals surface area contributed by atoms with Crippen LogP contribution in [0.1, 0.15) is 27.0 Å². The van der Waals surface area contributed by atoms with Gasteiger partial charge in [0.25, 0.3) is 10.0 Å². The average molecular weight is 517 g/mol. The molecule has 6 nitrogen and oxygen atoms in total. The van der Waals surface area contributed by atoms with Crippen LogP contribution in [0.15, 0.2) is 59.6 Å². The van der Waals surface area contributed by atoms with Crippen LogP contribution in [0.25, 0.3) is 0 Å². The first kappa shape index (κ1) is 25.4. The molecule has 0 atom stereocenters. The van der Waals surface area contributed by atoms with Gasteiger partial charge in [0.2, 0.25) is 0 Å². The number of esters is 1. The molecule has 12 heteroatoms. The van der Waals surface area contributed by atoms with Crippen LogP contribution < -0.4 is 4.31 Å². The Morgan fingerprint density at radius 3 is 2.32 bits per heavy atom. The first-order chi connectivity index (χ1) is 15.8. The van der Waals surface area contributed by atoms with Crippen LogP contribution in [0.5, 0.6) is 0 Å². The smallest absolute Gasteiger partial charge is 0.419 e. The fraction of sp³-hybridized carbons (Fsp3) is 0.182. The highest BCUT2D eigenvalue weighted by atomic mass is 35.5. The third-order valence-electron chi connectivity index (χ3n) is 4.78. The molecule has 0 fully saturated rings. The normalized spacial score (nSPS) is 11.9. The molecule has 0 bridgehead atoms. The minimum Gasteiger partial charge on any atom is -0.465 e. The summed E-state index contributed by atoms with van der Waals surface area (Å²) in [5.41, 5.74) is -1.22. The van der Waals surface area contributed by atoms with Gasteiger partial charge in [-0.1, -0.05) is 17.7 Å². The quantitative estimate of drug-likeness (QED) is 0.324. The zero-order chi connectivity index (χ0) is 25.3. The zero-order valence-corrected chi connectivity index (χ0v) is 19.3. The van der Waals surface area contributed by atoms with Crippen LogP contribution in [-0.2, 0) is 27.5 Å². The van der Waals surface area contributed by atoms with E-state index in [4.69, 9.17) is 11.6 Å². The number of aromatic nitrogens is 1. The maximum absolute atomic E-state index is 13.7. The number of nitrogens with zero attached hydrogens (tertiary/aromatic N) is 2. The second kappa shape index (κ2) is 9.59. The van der Waals surface area contributed by atoms with E-state index in [0.29, 0.717) is 17.7 Å². The summed E-state index contributed by atoms with van der Waals surface area (Å²) in [6.07, 6.45) is -3.78. The summed E-state index contributed by atoms with van der Waals surface area (Å²) in [6, 6.07) is 8.45.